The van der Waals surface area contributed by atoms with Crippen molar-refractivity contribution in [2.45, 2.75) is 6.18 Å². The zero-order chi connectivity index (χ0) is 5.91. The van der Waals surface area contributed by atoms with Crippen LogP contribution in [0, 0.1) is 5.21 Å². The van der Waals surface area contributed by atoms with E-state index in [1.54, 1.807) is 0 Å². The van der Waals surface area contributed by atoms with Crippen LogP contribution in [0.4, 0.5) is 13.2 Å². The van der Waals surface area contributed by atoms with Crippen LogP contribution in [-0.4, -0.2) is 12.7 Å². The minimum absolute atomic E-state index is 0.167. The Bertz CT molecular complexity index is 51.4. The molecule has 44 valence electrons. The Morgan fingerprint density at radius 2 is 1.86 bits per heavy atom. The van der Waals surface area contributed by atoms with E-state index in [4.69, 9.17) is 5.21 Å². The van der Waals surface area contributed by atoms with E-state index in [2.05, 4.69) is 0 Å². The number of alkyl halides is 3. The molecule has 0 aliphatic carbocycles. The summed E-state index contributed by atoms with van der Waals surface area (Å²) in [5.41, 5.74) is -0.167. The lowest BCUT2D eigenvalue weighted by Crippen LogP contribution is -2.80. The first-order chi connectivity index (χ1) is 3.06. The number of quaternary nitrogens is 1. The number of hydrogen-bond acceptors (Lipinski definition) is 1. The molecule has 0 aliphatic rings. The fraction of sp³-hybridized carbons (Fsp3) is 1.00. The molecule has 0 aliphatic heterocycles. The number of rotatable bonds is 1. The van der Waals surface area contributed by atoms with Gasteiger partial charge in [-0.05, 0) is 0 Å². The molecule has 0 aromatic rings. The molecule has 5 heteroatoms. The summed E-state index contributed by atoms with van der Waals surface area (Å²) in [5.74, 6) is 0. The molecule has 2 N–H and O–H groups in total. The summed E-state index contributed by atoms with van der Waals surface area (Å²) in [6.45, 7) is -1.34. The van der Waals surface area contributed by atoms with E-state index >= 15 is 0 Å². The summed E-state index contributed by atoms with van der Waals surface area (Å²) in [4.78, 5) is 0. The smallest absolute Gasteiger partial charge is 0.438 e. The van der Waals surface area contributed by atoms with Crippen molar-refractivity contribution in [2.24, 2.45) is 0 Å². The average Bonchev–Trinajstić information content (AvgIpc) is 1.30. The first-order valence-electron chi connectivity index (χ1n) is 1.56. The van der Waals surface area contributed by atoms with E-state index in [0.717, 1.165) is 0 Å². The molecular weight excluding hydrogens is 111 g/mol. The fourth-order valence-corrected chi connectivity index (χ4v) is 0.0945. The van der Waals surface area contributed by atoms with Gasteiger partial charge >= 0.3 is 6.18 Å². The molecule has 0 heterocycles. The lowest BCUT2D eigenvalue weighted by molar-refractivity contribution is -0.615. The van der Waals surface area contributed by atoms with Crippen LogP contribution in [0.15, 0.2) is 0 Å². The maximum Gasteiger partial charge on any atom is 0.438 e. The van der Waals surface area contributed by atoms with Crippen molar-refractivity contribution in [1.29, 1.82) is 0 Å². The van der Waals surface area contributed by atoms with Gasteiger partial charge in [-0.1, -0.05) is 0 Å². The molecule has 2 nitrogen and oxygen atoms in total. The molecular formula is C2H4F3NO. The molecule has 0 radical (unpaired) electrons. The summed E-state index contributed by atoms with van der Waals surface area (Å²) in [7, 11) is 0. The predicted octanol–water partition coefficient (Wildman–Crippen LogP) is -0.390. The van der Waals surface area contributed by atoms with Gasteiger partial charge in [0.2, 0.25) is 0 Å². The molecule has 0 aromatic heterocycles. The Hall–Kier alpha value is -0.290. The molecule has 0 unspecified atom stereocenters. The number of hydrogen-bond donors (Lipinski definition) is 1. The quantitative estimate of drug-likeness (QED) is 0.464. The highest BCUT2D eigenvalue weighted by molar-refractivity contribution is 4.39. The van der Waals surface area contributed by atoms with E-state index in [9.17, 15) is 13.2 Å². The molecule has 0 spiro atoms. The van der Waals surface area contributed by atoms with Crippen molar-refractivity contribution in [3.63, 3.8) is 0 Å². The highest BCUT2D eigenvalue weighted by Gasteiger charge is 2.27. The van der Waals surface area contributed by atoms with Crippen LogP contribution < -0.4 is 5.48 Å². The van der Waals surface area contributed by atoms with Crippen molar-refractivity contribution >= 4 is 0 Å². The van der Waals surface area contributed by atoms with E-state index in [1.807, 2.05) is 0 Å². The molecule has 0 bridgehead atoms. The zero-order valence-electron chi connectivity index (χ0n) is 3.33. The maximum absolute atomic E-state index is 10.8. The average molecular weight is 115 g/mol. The van der Waals surface area contributed by atoms with Crippen LogP contribution in [0.25, 0.3) is 0 Å². The summed E-state index contributed by atoms with van der Waals surface area (Å²) in [5, 5.41) is 9.10. The Balaban J connectivity index is 3.15. The second kappa shape index (κ2) is 2.13. The highest BCUT2D eigenvalue weighted by atomic mass is 19.4. The van der Waals surface area contributed by atoms with E-state index < -0.39 is 12.7 Å². The fourth-order valence-electron chi connectivity index (χ4n) is 0.0945. The number of halogens is 3. The van der Waals surface area contributed by atoms with Crippen molar-refractivity contribution in [3.8, 4) is 0 Å². The van der Waals surface area contributed by atoms with Gasteiger partial charge in [-0.15, -0.1) is 0 Å². The second-order valence-electron chi connectivity index (χ2n) is 0.986. The molecule has 0 saturated heterocycles. The summed E-state index contributed by atoms with van der Waals surface area (Å²) in [6.07, 6.45) is -4.32. The predicted molar refractivity (Wildman–Crippen MR) is 16.2 cm³/mol. The minimum atomic E-state index is -4.32. The summed E-state index contributed by atoms with van der Waals surface area (Å²) < 4.78 is 32.5. The topological polar surface area (TPSA) is 39.7 Å². The van der Waals surface area contributed by atoms with Gasteiger partial charge in [-0.2, -0.15) is 13.2 Å². The van der Waals surface area contributed by atoms with Crippen molar-refractivity contribution in [2.75, 3.05) is 6.54 Å². The third-order valence-electron chi connectivity index (χ3n) is 0.315. The summed E-state index contributed by atoms with van der Waals surface area (Å²) in [6, 6.07) is 0. The molecule has 0 fully saturated rings. The van der Waals surface area contributed by atoms with Crippen LogP contribution in [-0.2, 0) is 0 Å². The van der Waals surface area contributed by atoms with Gasteiger partial charge in [0.15, 0.2) is 6.54 Å². The molecule has 0 atom stereocenters. The minimum Gasteiger partial charge on any atom is -0.636 e. The SMILES string of the molecule is [O-][NH2+]CC(F)(F)F. The standard InChI is InChI=1S/C2H4F3NO/c3-2(4,5)1-6-7/h1,6H2. The van der Waals surface area contributed by atoms with Crippen LogP contribution in [0.2, 0.25) is 0 Å². The highest BCUT2D eigenvalue weighted by Crippen LogP contribution is 2.09. The van der Waals surface area contributed by atoms with Crippen LogP contribution >= 0.6 is 0 Å². The van der Waals surface area contributed by atoms with Gasteiger partial charge in [0.1, 0.15) is 0 Å². The Morgan fingerprint density at radius 1 is 1.43 bits per heavy atom. The lowest BCUT2D eigenvalue weighted by atomic mass is 10.7. The molecule has 0 saturated carbocycles. The normalized spacial score (nSPS) is 12.0. The third-order valence-corrected chi connectivity index (χ3v) is 0.315. The van der Waals surface area contributed by atoms with Gasteiger partial charge in [0, 0.05) is 0 Å². The molecule has 0 aromatic carbocycles. The van der Waals surface area contributed by atoms with Crippen molar-refractivity contribution in [3.05, 3.63) is 5.21 Å². The first-order valence-corrected chi connectivity index (χ1v) is 1.56. The number of nitrogens with two attached hydrogens (primary N) is 1. The van der Waals surface area contributed by atoms with E-state index in [0.29, 0.717) is 0 Å². The lowest BCUT2D eigenvalue weighted by Gasteiger charge is -2.03. The zero-order valence-corrected chi connectivity index (χ0v) is 3.33. The van der Waals surface area contributed by atoms with Gasteiger partial charge in [-0.3, -0.25) is 0 Å². The Labute approximate surface area is 37.9 Å². The molecule has 7 heavy (non-hydrogen) atoms. The van der Waals surface area contributed by atoms with Gasteiger partial charge < -0.3 is 10.7 Å². The number of hydroxylamine groups is 1. The maximum atomic E-state index is 10.8. The van der Waals surface area contributed by atoms with Crippen LogP contribution in [0.5, 0.6) is 0 Å². The van der Waals surface area contributed by atoms with Crippen LogP contribution in [0.1, 0.15) is 0 Å². The Kier molecular flexibility index (Phi) is 2.04. The molecule has 0 rings (SSSR count). The monoisotopic (exact) mass is 115 g/mol. The summed E-state index contributed by atoms with van der Waals surface area (Å²) >= 11 is 0. The first kappa shape index (κ1) is 6.71. The molecule has 0 amide bonds. The van der Waals surface area contributed by atoms with Crippen LogP contribution in [0.3, 0.4) is 0 Å². The van der Waals surface area contributed by atoms with Gasteiger partial charge in [0.25, 0.3) is 0 Å². The van der Waals surface area contributed by atoms with E-state index in [-0.39, 0.29) is 5.48 Å². The van der Waals surface area contributed by atoms with Gasteiger partial charge in [-0.25, -0.2) is 0 Å². The second-order valence-corrected chi connectivity index (χ2v) is 0.986. The third kappa shape index (κ3) is 5.71. The largest absolute Gasteiger partial charge is 0.636 e. The van der Waals surface area contributed by atoms with Crippen molar-refractivity contribution < 1.29 is 18.7 Å². The van der Waals surface area contributed by atoms with Crippen molar-refractivity contribution in [1.82, 2.24) is 0 Å². The van der Waals surface area contributed by atoms with Gasteiger partial charge in [0.05, 0.1) is 0 Å². The van der Waals surface area contributed by atoms with E-state index in [1.165, 1.54) is 0 Å². The Morgan fingerprint density at radius 3 is 1.86 bits per heavy atom.